The molecule has 0 saturated carbocycles. The van der Waals surface area contributed by atoms with Crippen LogP contribution in [0.4, 0.5) is 5.69 Å². The lowest BCUT2D eigenvalue weighted by Gasteiger charge is -2.14. The molecule has 150 valence electrons. The number of nitrogens with two attached hydrogens (primary N) is 1. The van der Waals surface area contributed by atoms with Crippen molar-refractivity contribution in [3.8, 4) is 0 Å². The number of carbonyl (C=O) groups is 2. The number of amides is 2. The maximum Gasteiger partial charge on any atom is 0.275 e. The highest BCUT2D eigenvalue weighted by atomic mass is 16.3. The Morgan fingerprint density at radius 3 is 2.48 bits per heavy atom. The minimum atomic E-state index is -0.252. The lowest BCUT2D eigenvalue weighted by molar-refractivity contribution is -0.678. The summed E-state index contributed by atoms with van der Waals surface area (Å²) in [6.07, 6.45) is 1.62. The zero-order valence-electron chi connectivity index (χ0n) is 16.6. The summed E-state index contributed by atoms with van der Waals surface area (Å²) in [7, 11) is 0. The van der Waals surface area contributed by atoms with Crippen molar-refractivity contribution in [2.24, 2.45) is 0 Å². The van der Waals surface area contributed by atoms with Gasteiger partial charge in [-0.2, -0.15) is 0 Å². The number of benzene rings is 2. The number of nitrogens with one attached hydrogen (secondary N) is 2. The third-order valence-electron chi connectivity index (χ3n) is 4.87. The Morgan fingerprint density at radius 1 is 0.966 bits per heavy atom. The fourth-order valence-corrected chi connectivity index (χ4v) is 3.10. The van der Waals surface area contributed by atoms with Gasteiger partial charge in [-0.25, -0.2) is 0 Å². The summed E-state index contributed by atoms with van der Waals surface area (Å²) in [5.74, 6) is 0.308. The van der Waals surface area contributed by atoms with Gasteiger partial charge < -0.3 is 20.4 Å². The Bertz CT molecular complexity index is 953. The molecule has 3 rings (SSSR count). The molecule has 0 saturated heterocycles. The van der Waals surface area contributed by atoms with Crippen LogP contribution in [0.15, 0.2) is 71.3 Å². The van der Waals surface area contributed by atoms with E-state index in [1.807, 2.05) is 79.8 Å². The van der Waals surface area contributed by atoms with Crippen LogP contribution in [0.1, 0.15) is 28.5 Å². The molecule has 0 radical (unpaired) electrons. The molecule has 1 heterocycles. The highest BCUT2D eigenvalue weighted by molar-refractivity contribution is 5.95. The highest BCUT2D eigenvalue weighted by Gasteiger charge is 2.21. The van der Waals surface area contributed by atoms with Crippen LogP contribution in [0.2, 0.25) is 0 Å². The van der Waals surface area contributed by atoms with Crippen molar-refractivity contribution in [3.05, 3.63) is 89.4 Å². The molecule has 0 aliphatic carbocycles. The number of furan rings is 1. The quantitative estimate of drug-likeness (QED) is 0.550. The smallest absolute Gasteiger partial charge is 0.275 e. The van der Waals surface area contributed by atoms with E-state index in [1.54, 1.807) is 6.26 Å². The first-order valence-corrected chi connectivity index (χ1v) is 9.59. The minimum absolute atomic E-state index is 0.0726. The van der Waals surface area contributed by atoms with Gasteiger partial charge in [-0.05, 0) is 43.2 Å². The molecule has 0 unspecified atom stereocenters. The number of carbonyl (C=O) groups excluding carboxylic acids is 2. The Hall–Kier alpha value is -3.38. The van der Waals surface area contributed by atoms with Gasteiger partial charge in [0.15, 0.2) is 18.3 Å². The first kappa shape index (κ1) is 20.4. The van der Waals surface area contributed by atoms with Crippen molar-refractivity contribution < 1.29 is 19.3 Å². The molecular formula is C23H26N3O3+. The van der Waals surface area contributed by atoms with E-state index in [0.717, 1.165) is 28.1 Å². The SMILES string of the molecule is Cc1cccc(NC(=O)CNC(=O)C[NH2+][C@@H](c2ccccc2)c2ccco2)c1C. The zero-order chi connectivity index (χ0) is 20.6. The summed E-state index contributed by atoms with van der Waals surface area (Å²) in [4.78, 5) is 24.4. The summed E-state index contributed by atoms with van der Waals surface area (Å²) >= 11 is 0. The average Bonchev–Trinajstić information content (AvgIpc) is 3.25. The van der Waals surface area contributed by atoms with Gasteiger partial charge in [-0.15, -0.1) is 0 Å². The van der Waals surface area contributed by atoms with E-state index in [0.29, 0.717) is 0 Å². The summed E-state index contributed by atoms with van der Waals surface area (Å²) in [6, 6.07) is 19.2. The van der Waals surface area contributed by atoms with E-state index in [2.05, 4.69) is 10.6 Å². The van der Waals surface area contributed by atoms with E-state index in [-0.39, 0.29) is 30.9 Å². The lowest BCUT2D eigenvalue weighted by Crippen LogP contribution is -2.87. The molecule has 29 heavy (non-hydrogen) atoms. The van der Waals surface area contributed by atoms with E-state index in [1.165, 1.54) is 0 Å². The second-order valence-electron chi connectivity index (χ2n) is 6.92. The molecule has 0 aliphatic rings. The van der Waals surface area contributed by atoms with Crippen molar-refractivity contribution in [2.75, 3.05) is 18.4 Å². The number of aryl methyl sites for hydroxylation is 1. The summed E-state index contributed by atoms with van der Waals surface area (Å²) in [5, 5.41) is 7.41. The molecule has 2 aromatic carbocycles. The summed E-state index contributed by atoms with van der Waals surface area (Å²) < 4.78 is 5.54. The number of hydrogen-bond acceptors (Lipinski definition) is 3. The Labute approximate surface area is 170 Å². The monoisotopic (exact) mass is 392 g/mol. The van der Waals surface area contributed by atoms with E-state index >= 15 is 0 Å². The number of anilines is 1. The average molecular weight is 392 g/mol. The summed E-state index contributed by atoms with van der Waals surface area (Å²) in [6.45, 7) is 4.05. The van der Waals surface area contributed by atoms with Gasteiger partial charge in [0, 0.05) is 11.3 Å². The molecule has 1 aromatic heterocycles. The standard InChI is InChI=1S/C23H25N3O3/c1-16-8-6-11-19(17(16)2)26-22(28)15-24-21(27)14-25-23(20-12-7-13-29-20)18-9-4-3-5-10-18/h3-13,23,25H,14-15H2,1-2H3,(H,24,27)(H,26,28)/p+1/t23-/m0/s1. The predicted octanol–water partition coefficient (Wildman–Crippen LogP) is 2.30. The molecular weight excluding hydrogens is 366 g/mol. The molecule has 2 amide bonds. The van der Waals surface area contributed by atoms with Crippen molar-refractivity contribution in [1.29, 1.82) is 0 Å². The predicted molar refractivity (Wildman–Crippen MR) is 111 cm³/mol. The largest absolute Gasteiger partial charge is 0.463 e. The highest BCUT2D eigenvalue weighted by Crippen LogP contribution is 2.18. The Balaban J connectivity index is 1.52. The van der Waals surface area contributed by atoms with E-state index < -0.39 is 0 Å². The van der Waals surface area contributed by atoms with Crippen LogP contribution in [0.25, 0.3) is 0 Å². The zero-order valence-corrected chi connectivity index (χ0v) is 16.6. The normalized spacial score (nSPS) is 11.7. The van der Waals surface area contributed by atoms with Crippen molar-refractivity contribution in [1.82, 2.24) is 5.32 Å². The van der Waals surface area contributed by atoms with Gasteiger partial charge in [0.1, 0.15) is 0 Å². The van der Waals surface area contributed by atoms with Gasteiger partial charge >= 0.3 is 0 Å². The second kappa shape index (κ2) is 9.71. The van der Waals surface area contributed by atoms with Gasteiger partial charge in [0.05, 0.1) is 12.8 Å². The molecule has 1 atom stereocenters. The van der Waals surface area contributed by atoms with Crippen molar-refractivity contribution in [3.63, 3.8) is 0 Å². The van der Waals surface area contributed by atoms with Crippen LogP contribution >= 0.6 is 0 Å². The number of hydrogen-bond donors (Lipinski definition) is 3. The van der Waals surface area contributed by atoms with Crippen LogP contribution in [-0.2, 0) is 9.59 Å². The molecule has 4 N–H and O–H groups in total. The van der Waals surface area contributed by atoms with E-state index in [4.69, 9.17) is 4.42 Å². The van der Waals surface area contributed by atoms with Crippen molar-refractivity contribution >= 4 is 17.5 Å². The van der Waals surface area contributed by atoms with Gasteiger partial charge in [0.25, 0.3) is 5.91 Å². The molecule has 6 nitrogen and oxygen atoms in total. The maximum atomic E-state index is 12.3. The number of rotatable bonds is 8. The molecule has 0 aliphatic heterocycles. The fraction of sp³-hybridized carbons (Fsp3) is 0.217. The molecule has 0 fully saturated rings. The first-order chi connectivity index (χ1) is 14.0. The topological polar surface area (TPSA) is 88.0 Å². The van der Waals surface area contributed by atoms with Gasteiger partial charge in [0.2, 0.25) is 5.91 Å². The molecule has 0 spiro atoms. The second-order valence-corrected chi connectivity index (χ2v) is 6.92. The lowest BCUT2D eigenvalue weighted by atomic mass is 10.0. The minimum Gasteiger partial charge on any atom is -0.463 e. The third kappa shape index (κ3) is 5.56. The van der Waals surface area contributed by atoms with Crippen LogP contribution in [0.5, 0.6) is 0 Å². The first-order valence-electron chi connectivity index (χ1n) is 9.59. The van der Waals surface area contributed by atoms with Crippen LogP contribution in [0, 0.1) is 13.8 Å². The molecule has 0 bridgehead atoms. The Kier molecular flexibility index (Phi) is 6.81. The van der Waals surface area contributed by atoms with E-state index in [9.17, 15) is 9.59 Å². The van der Waals surface area contributed by atoms with Gasteiger partial charge in [-0.3, -0.25) is 9.59 Å². The van der Waals surface area contributed by atoms with Gasteiger partial charge in [-0.1, -0.05) is 42.5 Å². The molecule has 6 heteroatoms. The maximum absolute atomic E-state index is 12.3. The van der Waals surface area contributed by atoms with Crippen LogP contribution in [-0.4, -0.2) is 24.9 Å². The summed E-state index contributed by atoms with van der Waals surface area (Å²) in [5.41, 5.74) is 3.93. The fourth-order valence-electron chi connectivity index (χ4n) is 3.10. The Morgan fingerprint density at radius 2 is 1.76 bits per heavy atom. The van der Waals surface area contributed by atoms with Crippen LogP contribution in [0.3, 0.4) is 0 Å². The third-order valence-corrected chi connectivity index (χ3v) is 4.87. The number of quaternary nitrogens is 1. The van der Waals surface area contributed by atoms with Crippen LogP contribution < -0.4 is 16.0 Å². The van der Waals surface area contributed by atoms with Crippen molar-refractivity contribution in [2.45, 2.75) is 19.9 Å². The molecule has 3 aromatic rings.